The highest BCUT2D eigenvalue weighted by Crippen LogP contribution is 2.47. The predicted octanol–water partition coefficient (Wildman–Crippen LogP) is 5.92. The van der Waals surface area contributed by atoms with E-state index in [1.165, 1.54) is 16.9 Å². The number of carbonyl (C=O) groups is 1. The lowest BCUT2D eigenvalue weighted by molar-refractivity contribution is 0.0934. The van der Waals surface area contributed by atoms with Gasteiger partial charge in [-0.25, -0.2) is 0 Å². The minimum atomic E-state index is -0.431. The maximum Gasteiger partial charge on any atom is 0.256 e. The summed E-state index contributed by atoms with van der Waals surface area (Å²) in [6, 6.07) is 3.73. The van der Waals surface area contributed by atoms with E-state index in [1.54, 1.807) is 11.3 Å². The Kier molecular flexibility index (Phi) is 4.99. The van der Waals surface area contributed by atoms with Crippen LogP contribution in [-0.4, -0.2) is 11.0 Å². The van der Waals surface area contributed by atoms with Crippen LogP contribution in [0.3, 0.4) is 0 Å². The molecule has 0 fully saturated rings. The molecular formula is C22H27BrN2O2S. The first-order chi connectivity index (χ1) is 13.2. The number of nitrogens with one attached hydrogen (secondary N) is 2. The summed E-state index contributed by atoms with van der Waals surface area (Å²) in [5.74, 6) is 0.831. The van der Waals surface area contributed by atoms with E-state index in [9.17, 15) is 9.90 Å². The van der Waals surface area contributed by atoms with Gasteiger partial charge in [-0.05, 0) is 60.8 Å². The number of carbonyl (C=O) groups excluding carboxylic acids is 1. The molecule has 3 N–H and O–H groups in total. The van der Waals surface area contributed by atoms with E-state index in [4.69, 9.17) is 0 Å². The van der Waals surface area contributed by atoms with Crippen LogP contribution < -0.4 is 10.6 Å². The molecule has 1 aliphatic carbocycles. The molecule has 0 bridgehead atoms. The van der Waals surface area contributed by atoms with Crippen LogP contribution >= 0.6 is 27.3 Å². The van der Waals surface area contributed by atoms with Gasteiger partial charge in [0.15, 0.2) is 0 Å². The van der Waals surface area contributed by atoms with Gasteiger partial charge >= 0.3 is 0 Å². The van der Waals surface area contributed by atoms with Crippen LogP contribution in [0.4, 0.5) is 5.00 Å². The zero-order chi connectivity index (χ0) is 20.2. The number of aromatic hydroxyl groups is 1. The first-order valence-electron chi connectivity index (χ1n) is 9.92. The van der Waals surface area contributed by atoms with E-state index in [2.05, 4.69) is 47.3 Å². The standard InChI is InChI=1S/C22H27BrN2O2S/c1-5-22(3,4)12-6-7-14-16(9-12)28-21-17(14)20(27)24-19(25-21)15-10-13(23)8-11(2)18(15)26/h8,10,12,19,25-26H,5-7,9H2,1-4H3,(H,24,27)/t12-,19+/m0/s1. The van der Waals surface area contributed by atoms with Crippen LogP contribution in [0, 0.1) is 18.3 Å². The molecule has 4 rings (SSSR count). The highest BCUT2D eigenvalue weighted by molar-refractivity contribution is 9.10. The Morgan fingerprint density at radius 2 is 2.07 bits per heavy atom. The lowest BCUT2D eigenvalue weighted by Crippen LogP contribution is -2.38. The monoisotopic (exact) mass is 462 g/mol. The number of amides is 1. The number of phenols is 1. The highest BCUT2D eigenvalue weighted by atomic mass is 79.9. The molecule has 2 aromatic rings. The quantitative estimate of drug-likeness (QED) is 0.530. The van der Waals surface area contributed by atoms with Gasteiger partial charge in [0.1, 0.15) is 16.9 Å². The van der Waals surface area contributed by atoms with Crippen molar-refractivity contribution in [3.05, 3.63) is 43.7 Å². The van der Waals surface area contributed by atoms with Gasteiger partial charge in [-0.3, -0.25) is 4.79 Å². The van der Waals surface area contributed by atoms with Crippen LogP contribution in [0.2, 0.25) is 0 Å². The summed E-state index contributed by atoms with van der Waals surface area (Å²) in [6.07, 6.45) is 3.89. The minimum absolute atomic E-state index is 0.0403. The topological polar surface area (TPSA) is 61.4 Å². The Labute approximate surface area is 178 Å². The summed E-state index contributed by atoms with van der Waals surface area (Å²) in [6.45, 7) is 8.84. The van der Waals surface area contributed by atoms with Crippen LogP contribution in [0.15, 0.2) is 16.6 Å². The van der Waals surface area contributed by atoms with Crippen molar-refractivity contribution in [1.29, 1.82) is 0 Å². The zero-order valence-corrected chi connectivity index (χ0v) is 19.2. The average Bonchev–Trinajstić information content (AvgIpc) is 3.02. The first kappa shape index (κ1) is 19.8. The van der Waals surface area contributed by atoms with E-state index in [1.807, 2.05) is 19.1 Å². The number of fused-ring (bicyclic) bond motifs is 3. The number of thiophene rings is 1. The van der Waals surface area contributed by atoms with Crippen molar-refractivity contribution in [1.82, 2.24) is 5.32 Å². The second-order valence-electron chi connectivity index (χ2n) is 8.70. The van der Waals surface area contributed by atoms with Crippen LogP contribution in [0.25, 0.3) is 0 Å². The van der Waals surface area contributed by atoms with Gasteiger partial charge in [-0.1, -0.05) is 43.1 Å². The average molecular weight is 463 g/mol. The molecule has 0 unspecified atom stereocenters. The molecule has 1 amide bonds. The second kappa shape index (κ2) is 7.06. The Morgan fingerprint density at radius 3 is 2.79 bits per heavy atom. The Hall–Kier alpha value is -1.53. The number of phenolic OH excluding ortho intramolecular Hbond substituents is 1. The van der Waals surface area contributed by atoms with E-state index in [0.717, 1.165) is 39.9 Å². The fraction of sp³-hybridized carbons (Fsp3) is 0.500. The van der Waals surface area contributed by atoms with Crippen molar-refractivity contribution in [2.45, 2.75) is 59.5 Å². The number of hydrogen-bond acceptors (Lipinski definition) is 4. The Morgan fingerprint density at radius 1 is 1.32 bits per heavy atom. The lowest BCUT2D eigenvalue weighted by Gasteiger charge is -2.36. The number of benzene rings is 1. The second-order valence-corrected chi connectivity index (χ2v) is 10.7. The van der Waals surface area contributed by atoms with E-state index < -0.39 is 6.17 Å². The lowest BCUT2D eigenvalue weighted by atomic mass is 9.69. The molecule has 0 radical (unpaired) electrons. The molecular weight excluding hydrogens is 436 g/mol. The summed E-state index contributed by atoms with van der Waals surface area (Å²) in [7, 11) is 0. The molecule has 2 aliphatic rings. The summed E-state index contributed by atoms with van der Waals surface area (Å²) in [4.78, 5) is 14.3. The van der Waals surface area contributed by atoms with Crippen molar-refractivity contribution in [3.63, 3.8) is 0 Å². The predicted molar refractivity (Wildman–Crippen MR) is 118 cm³/mol. The van der Waals surface area contributed by atoms with Crippen LogP contribution in [0.5, 0.6) is 5.75 Å². The molecule has 2 atom stereocenters. The molecule has 28 heavy (non-hydrogen) atoms. The normalized spacial score (nSPS) is 21.5. The largest absolute Gasteiger partial charge is 0.507 e. The number of halogens is 1. The molecule has 4 nitrogen and oxygen atoms in total. The van der Waals surface area contributed by atoms with E-state index >= 15 is 0 Å². The molecule has 1 aliphatic heterocycles. The van der Waals surface area contributed by atoms with Crippen molar-refractivity contribution >= 4 is 38.2 Å². The Balaban J connectivity index is 1.67. The van der Waals surface area contributed by atoms with Gasteiger partial charge in [0.05, 0.1) is 5.56 Å². The zero-order valence-electron chi connectivity index (χ0n) is 16.8. The third-order valence-electron chi connectivity index (χ3n) is 6.67. The van der Waals surface area contributed by atoms with Crippen molar-refractivity contribution in [3.8, 4) is 5.75 Å². The fourth-order valence-electron chi connectivity index (χ4n) is 4.39. The smallest absolute Gasteiger partial charge is 0.256 e. The number of rotatable bonds is 3. The number of hydrogen-bond donors (Lipinski definition) is 3. The third-order valence-corrected chi connectivity index (χ3v) is 8.31. The molecule has 1 aromatic carbocycles. The SMILES string of the molecule is CCC(C)(C)[C@H]1CCc2c(sc3c2C(=O)N[C@@H](c2cc(Br)cc(C)c2O)N3)C1. The van der Waals surface area contributed by atoms with Gasteiger partial charge < -0.3 is 15.7 Å². The molecule has 0 spiro atoms. The van der Waals surface area contributed by atoms with E-state index in [-0.39, 0.29) is 11.7 Å². The number of aryl methyl sites for hydroxylation is 1. The Bertz CT molecular complexity index is 950. The van der Waals surface area contributed by atoms with Crippen molar-refractivity contribution in [2.75, 3.05) is 5.32 Å². The summed E-state index contributed by atoms with van der Waals surface area (Å²) in [5.41, 5.74) is 3.82. The summed E-state index contributed by atoms with van der Waals surface area (Å²) < 4.78 is 0.884. The molecule has 1 aromatic heterocycles. The van der Waals surface area contributed by atoms with Gasteiger partial charge in [0, 0.05) is 14.9 Å². The first-order valence-corrected chi connectivity index (χ1v) is 11.5. The molecule has 0 saturated carbocycles. The van der Waals surface area contributed by atoms with Crippen LogP contribution in [-0.2, 0) is 12.8 Å². The maximum absolute atomic E-state index is 13.0. The van der Waals surface area contributed by atoms with Crippen LogP contribution in [0.1, 0.15) is 71.7 Å². The fourth-order valence-corrected chi connectivity index (χ4v) is 6.33. The minimum Gasteiger partial charge on any atom is -0.507 e. The molecule has 2 heterocycles. The highest BCUT2D eigenvalue weighted by Gasteiger charge is 2.37. The van der Waals surface area contributed by atoms with Gasteiger partial charge in [0.25, 0.3) is 5.91 Å². The maximum atomic E-state index is 13.0. The van der Waals surface area contributed by atoms with Gasteiger partial charge in [0.2, 0.25) is 0 Å². The number of anilines is 1. The van der Waals surface area contributed by atoms with Gasteiger partial charge in [-0.15, -0.1) is 11.3 Å². The van der Waals surface area contributed by atoms with Crippen molar-refractivity contribution in [2.24, 2.45) is 11.3 Å². The molecule has 150 valence electrons. The summed E-state index contributed by atoms with van der Waals surface area (Å²) in [5, 5.41) is 18.0. The van der Waals surface area contributed by atoms with Gasteiger partial charge in [-0.2, -0.15) is 0 Å². The van der Waals surface area contributed by atoms with Crippen molar-refractivity contribution < 1.29 is 9.90 Å². The summed E-state index contributed by atoms with van der Waals surface area (Å²) >= 11 is 5.21. The molecule has 0 saturated heterocycles. The third kappa shape index (κ3) is 3.24. The molecule has 6 heteroatoms. The van der Waals surface area contributed by atoms with E-state index in [0.29, 0.717) is 16.9 Å².